The quantitative estimate of drug-likeness (QED) is 0.644. The van der Waals surface area contributed by atoms with Gasteiger partial charge in [-0.3, -0.25) is 14.4 Å². The minimum atomic E-state index is -0.330. The first-order valence-corrected chi connectivity index (χ1v) is 7.47. The van der Waals surface area contributed by atoms with Gasteiger partial charge in [-0.05, 0) is 19.3 Å². The van der Waals surface area contributed by atoms with Crippen LogP contribution >= 0.6 is 0 Å². The number of hydrogen-bond donors (Lipinski definition) is 0. The van der Waals surface area contributed by atoms with E-state index >= 15 is 0 Å². The third-order valence-corrected chi connectivity index (χ3v) is 2.98. The van der Waals surface area contributed by atoms with Gasteiger partial charge in [0.25, 0.3) is 0 Å². The molecule has 0 aromatic carbocycles. The van der Waals surface area contributed by atoms with Gasteiger partial charge in [0.15, 0.2) is 0 Å². The van der Waals surface area contributed by atoms with Crippen LogP contribution in [0.15, 0.2) is 0 Å². The van der Waals surface area contributed by atoms with Crippen LogP contribution in [0.5, 0.6) is 0 Å². The van der Waals surface area contributed by atoms with Crippen LogP contribution in [0.4, 0.5) is 0 Å². The monoisotopic (exact) mass is 269 g/mol. The fourth-order valence-corrected chi connectivity index (χ4v) is 1.74. The summed E-state index contributed by atoms with van der Waals surface area (Å²) in [5.41, 5.74) is 0. The first-order chi connectivity index (χ1) is 9.08. The van der Waals surface area contributed by atoms with Crippen molar-refractivity contribution in [2.24, 2.45) is 0 Å². The molecule has 0 aromatic heterocycles. The summed E-state index contributed by atoms with van der Waals surface area (Å²) >= 11 is 0. The van der Waals surface area contributed by atoms with Crippen molar-refractivity contribution >= 4 is 17.7 Å². The molecule has 0 saturated heterocycles. The molecule has 0 unspecified atom stereocenters. The Morgan fingerprint density at radius 3 is 1.11 bits per heavy atom. The van der Waals surface area contributed by atoms with Crippen molar-refractivity contribution in [3.8, 4) is 0 Å². The first kappa shape index (κ1) is 17.8. The molecule has 4 nitrogen and oxygen atoms in total. The maximum Gasteiger partial charge on any atom is 0.236 e. The number of unbranched alkanes of at least 4 members (excludes halogenated alkanes) is 3. The van der Waals surface area contributed by atoms with E-state index in [9.17, 15) is 14.4 Å². The van der Waals surface area contributed by atoms with Gasteiger partial charge in [-0.25, -0.2) is 4.90 Å². The average molecular weight is 269 g/mol. The largest absolute Gasteiger partial charge is 0.274 e. The van der Waals surface area contributed by atoms with E-state index < -0.39 is 0 Å². The Balaban J connectivity index is 4.66. The molecule has 0 aromatic rings. The van der Waals surface area contributed by atoms with Gasteiger partial charge in [0.1, 0.15) is 0 Å². The third-order valence-electron chi connectivity index (χ3n) is 2.98. The van der Waals surface area contributed by atoms with Gasteiger partial charge in [-0.1, -0.05) is 40.0 Å². The van der Waals surface area contributed by atoms with Crippen molar-refractivity contribution < 1.29 is 14.4 Å². The zero-order chi connectivity index (χ0) is 14.7. The van der Waals surface area contributed by atoms with Crippen LogP contribution in [0, 0.1) is 0 Å². The minimum Gasteiger partial charge on any atom is -0.274 e. The Morgan fingerprint density at radius 1 is 0.632 bits per heavy atom. The number of imide groups is 3. The number of amides is 3. The minimum absolute atomic E-state index is 0.284. The second-order valence-corrected chi connectivity index (χ2v) is 4.83. The fraction of sp³-hybridized carbons (Fsp3) is 0.800. The Morgan fingerprint density at radius 2 is 0.895 bits per heavy atom. The van der Waals surface area contributed by atoms with E-state index in [0.717, 1.165) is 43.4 Å². The van der Waals surface area contributed by atoms with Gasteiger partial charge >= 0.3 is 0 Å². The van der Waals surface area contributed by atoms with Gasteiger partial charge in [0.2, 0.25) is 17.7 Å². The molecule has 3 amide bonds. The second-order valence-electron chi connectivity index (χ2n) is 4.83. The predicted molar refractivity (Wildman–Crippen MR) is 75.4 cm³/mol. The van der Waals surface area contributed by atoms with Crippen molar-refractivity contribution in [1.29, 1.82) is 0 Å². The number of carbonyl (C=O) groups is 3. The molecule has 0 rings (SSSR count). The van der Waals surface area contributed by atoms with E-state index in [1.807, 2.05) is 20.8 Å². The van der Waals surface area contributed by atoms with Crippen LogP contribution in [0.3, 0.4) is 0 Å². The first-order valence-electron chi connectivity index (χ1n) is 7.47. The lowest BCUT2D eigenvalue weighted by atomic mass is 10.1. The van der Waals surface area contributed by atoms with Crippen molar-refractivity contribution in [2.45, 2.75) is 78.6 Å². The van der Waals surface area contributed by atoms with Crippen molar-refractivity contribution in [3.05, 3.63) is 0 Å². The maximum absolute atomic E-state index is 12.0. The van der Waals surface area contributed by atoms with Crippen LogP contribution in [0.2, 0.25) is 0 Å². The number of rotatable bonds is 9. The normalized spacial score (nSPS) is 10.3. The Bertz CT molecular complexity index is 252. The lowest BCUT2D eigenvalue weighted by molar-refractivity contribution is -0.154. The Hall–Kier alpha value is -1.19. The molecule has 0 N–H and O–H groups in total. The highest BCUT2D eigenvalue weighted by Gasteiger charge is 2.26. The van der Waals surface area contributed by atoms with E-state index in [2.05, 4.69) is 0 Å². The van der Waals surface area contributed by atoms with Gasteiger partial charge in [0, 0.05) is 19.3 Å². The molecule has 19 heavy (non-hydrogen) atoms. The number of carbonyl (C=O) groups excluding carboxylic acids is 3. The van der Waals surface area contributed by atoms with Crippen LogP contribution in [0.1, 0.15) is 78.6 Å². The lowest BCUT2D eigenvalue weighted by Crippen LogP contribution is -2.41. The summed E-state index contributed by atoms with van der Waals surface area (Å²) in [6, 6.07) is 0. The highest BCUT2D eigenvalue weighted by atomic mass is 16.2. The van der Waals surface area contributed by atoms with E-state index in [1.165, 1.54) is 0 Å². The summed E-state index contributed by atoms with van der Waals surface area (Å²) in [7, 11) is 0. The molecule has 0 aliphatic heterocycles. The second kappa shape index (κ2) is 10.7. The molecule has 0 fully saturated rings. The van der Waals surface area contributed by atoms with E-state index in [-0.39, 0.29) is 37.0 Å². The van der Waals surface area contributed by atoms with E-state index in [0.29, 0.717) is 0 Å². The maximum atomic E-state index is 12.0. The molecular formula is C15H27NO3. The van der Waals surface area contributed by atoms with Gasteiger partial charge in [-0.2, -0.15) is 0 Å². The Kier molecular flexibility index (Phi) is 10.0. The summed E-state index contributed by atoms with van der Waals surface area (Å²) in [5, 5.41) is 0. The van der Waals surface area contributed by atoms with Crippen molar-refractivity contribution in [3.63, 3.8) is 0 Å². The molecule has 4 heteroatoms. The summed E-state index contributed by atoms with van der Waals surface area (Å²) in [5.74, 6) is -0.989. The number of hydrogen-bond acceptors (Lipinski definition) is 3. The molecule has 0 atom stereocenters. The fourth-order valence-electron chi connectivity index (χ4n) is 1.74. The Labute approximate surface area is 116 Å². The molecule has 0 spiro atoms. The molecule has 0 aliphatic carbocycles. The lowest BCUT2D eigenvalue weighted by Gasteiger charge is -2.19. The third kappa shape index (κ3) is 7.09. The number of nitrogens with zero attached hydrogens (tertiary/aromatic N) is 1. The molecule has 0 saturated carbocycles. The summed E-state index contributed by atoms with van der Waals surface area (Å²) in [4.78, 5) is 36.9. The molecule has 0 heterocycles. The molecule has 110 valence electrons. The van der Waals surface area contributed by atoms with E-state index in [1.54, 1.807) is 0 Å². The van der Waals surface area contributed by atoms with Crippen LogP contribution < -0.4 is 0 Å². The molecule has 0 bridgehead atoms. The van der Waals surface area contributed by atoms with Gasteiger partial charge < -0.3 is 0 Å². The van der Waals surface area contributed by atoms with Gasteiger partial charge in [0.05, 0.1) is 0 Å². The molecular weight excluding hydrogens is 242 g/mol. The molecule has 0 radical (unpaired) electrons. The van der Waals surface area contributed by atoms with Crippen LogP contribution in [-0.2, 0) is 14.4 Å². The van der Waals surface area contributed by atoms with Gasteiger partial charge in [-0.15, -0.1) is 0 Å². The topological polar surface area (TPSA) is 54.5 Å². The van der Waals surface area contributed by atoms with Crippen molar-refractivity contribution in [1.82, 2.24) is 4.90 Å². The highest BCUT2D eigenvalue weighted by molar-refractivity contribution is 6.10. The van der Waals surface area contributed by atoms with Crippen LogP contribution in [-0.4, -0.2) is 22.6 Å². The zero-order valence-corrected chi connectivity index (χ0v) is 12.5. The summed E-state index contributed by atoms with van der Waals surface area (Å²) < 4.78 is 0. The molecule has 0 aliphatic rings. The summed E-state index contributed by atoms with van der Waals surface area (Å²) in [6.07, 6.45) is 5.65. The zero-order valence-electron chi connectivity index (χ0n) is 12.5. The predicted octanol–water partition coefficient (Wildman–Crippen LogP) is 3.44. The average Bonchev–Trinajstić information content (AvgIpc) is 2.40. The highest BCUT2D eigenvalue weighted by Crippen LogP contribution is 2.09. The van der Waals surface area contributed by atoms with E-state index in [4.69, 9.17) is 0 Å². The van der Waals surface area contributed by atoms with Crippen LogP contribution in [0.25, 0.3) is 0 Å². The standard InChI is InChI=1S/C15H27NO3/c1-4-7-10-13(17)16(14(18)11-8-5-2)15(19)12-9-6-3/h4-12H2,1-3H3. The van der Waals surface area contributed by atoms with Crippen molar-refractivity contribution in [2.75, 3.05) is 0 Å². The SMILES string of the molecule is CCCCC(=O)N(C(=O)CCCC)C(=O)CCCC. The smallest absolute Gasteiger partial charge is 0.236 e. The summed E-state index contributed by atoms with van der Waals surface area (Å²) in [6.45, 7) is 5.94.